The molecule has 0 N–H and O–H groups in total. The SMILES string of the molecule is COc1ccc(CN2CC=CN(c3cncc(Cl)c3)C2)cc1. The zero-order chi connectivity index (χ0) is 15.4. The van der Waals surface area contributed by atoms with Gasteiger partial charge in [-0.05, 0) is 23.8 Å². The Labute approximate surface area is 135 Å². The number of nitrogens with zero attached hydrogens (tertiary/aromatic N) is 3. The van der Waals surface area contributed by atoms with Crippen molar-refractivity contribution in [1.29, 1.82) is 0 Å². The van der Waals surface area contributed by atoms with E-state index in [2.05, 4.69) is 39.2 Å². The summed E-state index contributed by atoms with van der Waals surface area (Å²) in [6.07, 6.45) is 7.70. The molecule has 22 heavy (non-hydrogen) atoms. The molecule has 2 heterocycles. The largest absolute Gasteiger partial charge is 0.497 e. The zero-order valence-electron chi connectivity index (χ0n) is 12.4. The van der Waals surface area contributed by atoms with E-state index in [4.69, 9.17) is 16.3 Å². The Kier molecular flexibility index (Phi) is 4.61. The second kappa shape index (κ2) is 6.81. The molecule has 0 atom stereocenters. The first-order valence-electron chi connectivity index (χ1n) is 7.14. The van der Waals surface area contributed by atoms with E-state index in [1.165, 1.54) is 5.56 Å². The Balaban J connectivity index is 1.67. The maximum Gasteiger partial charge on any atom is 0.118 e. The predicted octanol–water partition coefficient (Wildman–Crippen LogP) is 3.54. The van der Waals surface area contributed by atoms with Gasteiger partial charge in [-0.1, -0.05) is 29.8 Å². The maximum atomic E-state index is 6.02. The molecule has 1 aliphatic heterocycles. The Bertz CT molecular complexity index is 657. The van der Waals surface area contributed by atoms with Gasteiger partial charge >= 0.3 is 0 Å². The predicted molar refractivity (Wildman–Crippen MR) is 89.1 cm³/mol. The van der Waals surface area contributed by atoms with Gasteiger partial charge < -0.3 is 9.64 Å². The second-order valence-corrected chi connectivity index (χ2v) is 5.65. The van der Waals surface area contributed by atoms with Crippen LogP contribution in [0.5, 0.6) is 5.75 Å². The summed E-state index contributed by atoms with van der Waals surface area (Å²) >= 11 is 6.02. The third-order valence-corrected chi connectivity index (χ3v) is 3.80. The van der Waals surface area contributed by atoms with Crippen LogP contribution >= 0.6 is 11.6 Å². The van der Waals surface area contributed by atoms with Crippen LogP contribution in [0.4, 0.5) is 5.69 Å². The first-order chi connectivity index (χ1) is 10.7. The van der Waals surface area contributed by atoms with Crippen LogP contribution in [0.15, 0.2) is 55.0 Å². The van der Waals surface area contributed by atoms with Crippen molar-refractivity contribution < 1.29 is 4.74 Å². The molecule has 0 fully saturated rings. The van der Waals surface area contributed by atoms with E-state index < -0.39 is 0 Å². The molecule has 0 saturated carbocycles. The number of anilines is 1. The summed E-state index contributed by atoms with van der Waals surface area (Å²) in [5, 5.41) is 0.651. The number of hydrogen-bond donors (Lipinski definition) is 0. The molecule has 2 aromatic rings. The van der Waals surface area contributed by atoms with Gasteiger partial charge in [-0.3, -0.25) is 9.88 Å². The van der Waals surface area contributed by atoms with Crippen LogP contribution in [0.25, 0.3) is 0 Å². The van der Waals surface area contributed by atoms with Crippen molar-refractivity contribution in [3.63, 3.8) is 0 Å². The van der Waals surface area contributed by atoms with Crippen molar-refractivity contribution in [3.05, 3.63) is 65.6 Å². The molecule has 0 saturated heterocycles. The van der Waals surface area contributed by atoms with Crippen LogP contribution < -0.4 is 9.64 Å². The Hall–Kier alpha value is -2.04. The highest BCUT2D eigenvalue weighted by Gasteiger charge is 2.14. The third-order valence-electron chi connectivity index (χ3n) is 3.59. The van der Waals surface area contributed by atoms with Gasteiger partial charge in [0.1, 0.15) is 5.75 Å². The summed E-state index contributed by atoms with van der Waals surface area (Å²) in [5.74, 6) is 0.883. The van der Waals surface area contributed by atoms with Crippen molar-refractivity contribution in [2.45, 2.75) is 6.54 Å². The Morgan fingerprint density at radius 1 is 1.23 bits per heavy atom. The highest BCUT2D eigenvalue weighted by atomic mass is 35.5. The average molecular weight is 316 g/mol. The lowest BCUT2D eigenvalue weighted by molar-refractivity contribution is 0.291. The van der Waals surface area contributed by atoms with E-state index >= 15 is 0 Å². The van der Waals surface area contributed by atoms with Crippen LogP contribution in [0.3, 0.4) is 0 Å². The molecule has 1 aromatic carbocycles. The van der Waals surface area contributed by atoms with Gasteiger partial charge in [0.2, 0.25) is 0 Å². The quantitative estimate of drug-likeness (QED) is 0.863. The summed E-state index contributed by atoms with van der Waals surface area (Å²) in [4.78, 5) is 8.64. The molecule has 4 nitrogen and oxygen atoms in total. The fraction of sp³-hybridized carbons (Fsp3) is 0.235. The minimum atomic E-state index is 0.651. The normalized spacial score (nSPS) is 15.1. The van der Waals surface area contributed by atoms with Crippen LogP contribution in [0.2, 0.25) is 5.02 Å². The summed E-state index contributed by atoms with van der Waals surface area (Å²) in [5.41, 5.74) is 2.27. The molecular weight excluding hydrogens is 298 g/mol. The van der Waals surface area contributed by atoms with Crippen molar-refractivity contribution in [1.82, 2.24) is 9.88 Å². The topological polar surface area (TPSA) is 28.6 Å². The molecule has 5 heteroatoms. The first kappa shape index (κ1) is 14.9. The summed E-state index contributed by atoms with van der Waals surface area (Å²) in [6.45, 7) is 2.62. The molecule has 1 aliphatic rings. The van der Waals surface area contributed by atoms with E-state index in [0.717, 1.165) is 31.2 Å². The van der Waals surface area contributed by atoms with Gasteiger partial charge in [-0.2, -0.15) is 0 Å². The number of methoxy groups -OCH3 is 1. The number of pyridine rings is 1. The maximum absolute atomic E-state index is 6.02. The van der Waals surface area contributed by atoms with Crippen molar-refractivity contribution in [2.75, 3.05) is 25.2 Å². The first-order valence-corrected chi connectivity index (χ1v) is 7.51. The van der Waals surface area contributed by atoms with Gasteiger partial charge in [0.25, 0.3) is 0 Å². The number of halogens is 1. The van der Waals surface area contributed by atoms with E-state index in [1.807, 2.05) is 24.4 Å². The van der Waals surface area contributed by atoms with Crippen molar-refractivity contribution >= 4 is 17.3 Å². The number of hydrogen-bond acceptors (Lipinski definition) is 4. The molecule has 0 radical (unpaired) electrons. The lowest BCUT2D eigenvalue weighted by atomic mass is 10.2. The lowest BCUT2D eigenvalue weighted by Gasteiger charge is -2.32. The van der Waals surface area contributed by atoms with E-state index in [0.29, 0.717) is 5.02 Å². The molecule has 0 aliphatic carbocycles. The Morgan fingerprint density at radius 3 is 2.77 bits per heavy atom. The summed E-state index contributed by atoms with van der Waals surface area (Å²) < 4.78 is 5.19. The monoisotopic (exact) mass is 315 g/mol. The number of aromatic nitrogens is 1. The molecule has 0 unspecified atom stereocenters. The standard InChI is InChI=1S/C17H18ClN3O/c1-22-17-5-3-14(4-6-17)12-20-7-2-8-21(13-20)16-9-15(18)10-19-11-16/h2-6,8-11H,7,12-13H2,1H3. The highest BCUT2D eigenvalue weighted by Crippen LogP contribution is 2.21. The number of ether oxygens (including phenoxy) is 1. The minimum Gasteiger partial charge on any atom is -0.497 e. The van der Waals surface area contributed by atoms with Crippen LogP contribution in [0.1, 0.15) is 5.56 Å². The second-order valence-electron chi connectivity index (χ2n) is 5.22. The van der Waals surface area contributed by atoms with Gasteiger partial charge in [0.15, 0.2) is 0 Å². The van der Waals surface area contributed by atoms with Crippen molar-refractivity contribution in [2.24, 2.45) is 0 Å². The van der Waals surface area contributed by atoms with Crippen LogP contribution in [-0.4, -0.2) is 30.2 Å². The smallest absolute Gasteiger partial charge is 0.118 e. The minimum absolute atomic E-state index is 0.651. The molecule has 1 aromatic heterocycles. The van der Waals surface area contributed by atoms with Gasteiger partial charge in [0.05, 0.1) is 30.7 Å². The summed E-state index contributed by atoms with van der Waals surface area (Å²) in [6, 6.07) is 10.1. The lowest BCUT2D eigenvalue weighted by Crippen LogP contribution is -2.38. The van der Waals surface area contributed by atoms with E-state index in [1.54, 1.807) is 13.3 Å². The molecular formula is C17H18ClN3O. The van der Waals surface area contributed by atoms with E-state index in [9.17, 15) is 0 Å². The molecule has 0 bridgehead atoms. The van der Waals surface area contributed by atoms with Gasteiger partial charge in [0, 0.05) is 25.5 Å². The fourth-order valence-corrected chi connectivity index (χ4v) is 2.64. The Morgan fingerprint density at radius 2 is 2.05 bits per heavy atom. The molecule has 114 valence electrons. The van der Waals surface area contributed by atoms with Crippen LogP contribution in [-0.2, 0) is 6.54 Å². The highest BCUT2D eigenvalue weighted by molar-refractivity contribution is 6.30. The number of rotatable bonds is 4. The third kappa shape index (κ3) is 3.59. The zero-order valence-corrected chi connectivity index (χ0v) is 13.2. The van der Waals surface area contributed by atoms with Gasteiger partial charge in [-0.25, -0.2) is 0 Å². The van der Waals surface area contributed by atoms with Gasteiger partial charge in [-0.15, -0.1) is 0 Å². The molecule has 0 spiro atoms. The fourth-order valence-electron chi connectivity index (χ4n) is 2.47. The number of benzene rings is 1. The molecule has 3 rings (SSSR count). The van der Waals surface area contributed by atoms with Crippen molar-refractivity contribution in [3.8, 4) is 5.75 Å². The van der Waals surface area contributed by atoms with E-state index in [-0.39, 0.29) is 0 Å². The van der Waals surface area contributed by atoms with Crippen LogP contribution in [0, 0.1) is 0 Å². The summed E-state index contributed by atoms with van der Waals surface area (Å²) in [7, 11) is 1.68. The average Bonchev–Trinajstić information content (AvgIpc) is 2.56. The molecule has 0 amide bonds.